The predicted octanol–water partition coefficient (Wildman–Crippen LogP) is 3.87. The number of aliphatic carboxylic acids is 1. The largest absolute Gasteiger partial charge is 0.481 e. The number of hydrogen-bond acceptors (Lipinski definition) is 2. The van der Waals surface area contributed by atoms with Crippen molar-refractivity contribution in [2.45, 2.75) is 6.42 Å². The van der Waals surface area contributed by atoms with E-state index < -0.39 is 5.97 Å². The molecule has 0 aliphatic carbocycles. The van der Waals surface area contributed by atoms with Crippen molar-refractivity contribution in [3.63, 3.8) is 0 Å². The minimum atomic E-state index is -0.873. The summed E-state index contributed by atoms with van der Waals surface area (Å²) in [6.07, 6.45) is -0.0489. The van der Waals surface area contributed by atoms with Gasteiger partial charge >= 0.3 is 5.97 Å². The highest BCUT2D eigenvalue weighted by molar-refractivity contribution is 9.10. The van der Waals surface area contributed by atoms with Crippen LogP contribution in [0.25, 0.3) is 0 Å². The van der Waals surface area contributed by atoms with E-state index in [1.165, 1.54) is 0 Å². The van der Waals surface area contributed by atoms with Crippen LogP contribution < -0.4 is 4.74 Å². The van der Waals surface area contributed by atoms with Crippen molar-refractivity contribution in [2.75, 3.05) is 0 Å². The third-order valence-corrected chi connectivity index (χ3v) is 2.88. The molecule has 3 nitrogen and oxygen atoms in total. The van der Waals surface area contributed by atoms with Gasteiger partial charge < -0.3 is 9.84 Å². The Balaban J connectivity index is 2.23. The second-order valence-corrected chi connectivity index (χ2v) is 4.65. The smallest absolute Gasteiger partial charge is 0.307 e. The minimum absolute atomic E-state index is 0.0489. The van der Waals surface area contributed by atoms with Crippen LogP contribution in [0.2, 0.25) is 0 Å². The number of rotatable bonds is 4. The fraction of sp³-hybridized carbons (Fsp3) is 0.0714. The molecule has 92 valence electrons. The Bertz CT molecular complexity index is 549. The summed E-state index contributed by atoms with van der Waals surface area (Å²) < 4.78 is 6.65. The van der Waals surface area contributed by atoms with Crippen LogP contribution in [0.5, 0.6) is 11.5 Å². The Labute approximate surface area is 113 Å². The normalized spacial score (nSPS) is 10.1. The van der Waals surface area contributed by atoms with Gasteiger partial charge in [0, 0.05) is 10.0 Å². The van der Waals surface area contributed by atoms with Gasteiger partial charge in [-0.15, -0.1) is 0 Å². The number of para-hydroxylation sites is 1. The maximum absolute atomic E-state index is 10.8. The molecule has 1 N–H and O–H groups in total. The van der Waals surface area contributed by atoms with Crippen molar-refractivity contribution in [1.29, 1.82) is 0 Å². The number of carboxylic acid groups (broad SMARTS) is 1. The van der Waals surface area contributed by atoms with Crippen molar-refractivity contribution in [3.8, 4) is 11.5 Å². The molecule has 0 amide bonds. The van der Waals surface area contributed by atoms with E-state index in [4.69, 9.17) is 9.84 Å². The topological polar surface area (TPSA) is 46.5 Å². The van der Waals surface area contributed by atoms with Gasteiger partial charge in [0.15, 0.2) is 0 Å². The molecule has 2 aromatic rings. The summed E-state index contributed by atoms with van der Waals surface area (Å²) in [5.41, 5.74) is 0.660. The first-order chi connectivity index (χ1) is 8.65. The second kappa shape index (κ2) is 5.69. The Morgan fingerprint density at radius 2 is 1.78 bits per heavy atom. The lowest BCUT2D eigenvalue weighted by Gasteiger charge is -2.09. The maximum Gasteiger partial charge on any atom is 0.307 e. The molecule has 0 spiro atoms. The summed E-state index contributed by atoms with van der Waals surface area (Å²) in [4.78, 5) is 10.8. The fourth-order valence-corrected chi connectivity index (χ4v) is 1.81. The van der Waals surface area contributed by atoms with Crippen LogP contribution in [0.3, 0.4) is 0 Å². The maximum atomic E-state index is 10.8. The molecule has 0 unspecified atom stereocenters. The molecule has 0 radical (unpaired) electrons. The van der Waals surface area contributed by atoms with Crippen LogP contribution in [-0.2, 0) is 11.2 Å². The third-order valence-electron chi connectivity index (χ3n) is 2.36. The molecule has 0 heterocycles. The Hall–Kier alpha value is -1.81. The van der Waals surface area contributed by atoms with Gasteiger partial charge in [-0.1, -0.05) is 34.1 Å². The number of carbonyl (C=O) groups is 1. The highest BCUT2D eigenvalue weighted by Gasteiger charge is 2.08. The first-order valence-electron chi connectivity index (χ1n) is 5.38. The SMILES string of the molecule is O=C(O)Cc1ccccc1Oc1ccc(Br)cc1. The average molecular weight is 307 g/mol. The second-order valence-electron chi connectivity index (χ2n) is 3.73. The van der Waals surface area contributed by atoms with Crippen LogP contribution >= 0.6 is 15.9 Å². The van der Waals surface area contributed by atoms with E-state index in [0.717, 1.165) is 4.47 Å². The molecule has 0 aromatic heterocycles. The highest BCUT2D eigenvalue weighted by Crippen LogP contribution is 2.26. The summed E-state index contributed by atoms with van der Waals surface area (Å²) in [7, 11) is 0. The number of benzene rings is 2. The molecule has 0 atom stereocenters. The van der Waals surface area contributed by atoms with Gasteiger partial charge in [0.1, 0.15) is 11.5 Å². The van der Waals surface area contributed by atoms with Crippen molar-refractivity contribution >= 4 is 21.9 Å². The zero-order valence-corrected chi connectivity index (χ0v) is 11.1. The summed E-state index contributed by atoms with van der Waals surface area (Å²) in [6.45, 7) is 0. The van der Waals surface area contributed by atoms with Crippen molar-refractivity contribution in [3.05, 3.63) is 58.6 Å². The first-order valence-corrected chi connectivity index (χ1v) is 6.17. The lowest BCUT2D eigenvalue weighted by atomic mass is 10.1. The van der Waals surface area contributed by atoms with Crippen molar-refractivity contribution < 1.29 is 14.6 Å². The molecule has 2 rings (SSSR count). The minimum Gasteiger partial charge on any atom is -0.481 e. The predicted molar refractivity (Wildman–Crippen MR) is 72.0 cm³/mol. The highest BCUT2D eigenvalue weighted by atomic mass is 79.9. The van der Waals surface area contributed by atoms with Crippen LogP contribution in [-0.4, -0.2) is 11.1 Å². The summed E-state index contributed by atoms with van der Waals surface area (Å²) in [5.74, 6) is 0.375. The van der Waals surface area contributed by atoms with Gasteiger partial charge in [0.25, 0.3) is 0 Å². The third kappa shape index (κ3) is 3.34. The van der Waals surface area contributed by atoms with E-state index in [-0.39, 0.29) is 6.42 Å². The van der Waals surface area contributed by atoms with Gasteiger partial charge in [0.2, 0.25) is 0 Å². The Morgan fingerprint density at radius 1 is 1.11 bits per heavy atom. The lowest BCUT2D eigenvalue weighted by Crippen LogP contribution is -2.01. The molecule has 0 aliphatic heterocycles. The van der Waals surface area contributed by atoms with Gasteiger partial charge in [-0.05, 0) is 30.3 Å². The molecule has 4 heteroatoms. The average Bonchev–Trinajstić information content (AvgIpc) is 2.34. The van der Waals surface area contributed by atoms with Crippen molar-refractivity contribution in [1.82, 2.24) is 0 Å². The quantitative estimate of drug-likeness (QED) is 0.932. The van der Waals surface area contributed by atoms with E-state index in [9.17, 15) is 4.79 Å². The number of halogens is 1. The first kappa shape index (κ1) is 12.6. The number of hydrogen-bond donors (Lipinski definition) is 1. The summed E-state index contributed by atoms with van der Waals surface area (Å²) in [5, 5.41) is 8.83. The molecule has 18 heavy (non-hydrogen) atoms. The Kier molecular flexibility index (Phi) is 3.99. The number of carboxylic acids is 1. The van der Waals surface area contributed by atoms with Gasteiger partial charge in [-0.2, -0.15) is 0 Å². The summed E-state index contributed by atoms with van der Waals surface area (Å²) in [6, 6.07) is 14.5. The Morgan fingerprint density at radius 3 is 2.44 bits per heavy atom. The molecular weight excluding hydrogens is 296 g/mol. The molecular formula is C14H11BrO3. The van der Waals surface area contributed by atoms with Crippen molar-refractivity contribution in [2.24, 2.45) is 0 Å². The molecule has 2 aromatic carbocycles. The van der Waals surface area contributed by atoms with Gasteiger partial charge in [-0.3, -0.25) is 4.79 Å². The van der Waals surface area contributed by atoms with Gasteiger partial charge in [0.05, 0.1) is 6.42 Å². The number of ether oxygens (including phenoxy) is 1. The zero-order valence-electron chi connectivity index (χ0n) is 9.47. The molecule has 0 fully saturated rings. The van der Waals surface area contributed by atoms with E-state index >= 15 is 0 Å². The van der Waals surface area contributed by atoms with Crippen LogP contribution in [0, 0.1) is 0 Å². The van der Waals surface area contributed by atoms with Gasteiger partial charge in [-0.25, -0.2) is 0 Å². The monoisotopic (exact) mass is 306 g/mol. The van der Waals surface area contributed by atoms with Crippen LogP contribution in [0.1, 0.15) is 5.56 Å². The molecule has 0 saturated heterocycles. The van der Waals surface area contributed by atoms with E-state index in [1.54, 1.807) is 18.2 Å². The van der Waals surface area contributed by atoms with E-state index in [0.29, 0.717) is 17.1 Å². The van der Waals surface area contributed by atoms with Crippen LogP contribution in [0.15, 0.2) is 53.0 Å². The molecule has 0 aliphatic rings. The lowest BCUT2D eigenvalue weighted by molar-refractivity contribution is -0.136. The molecule has 0 bridgehead atoms. The standard InChI is InChI=1S/C14H11BrO3/c15-11-5-7-12(8-6-11)18-13-4-2-1-3-10(13)9-14(16)17/h1-8H,9H2,(H,16,17). The fourth-order valence-electron chi connectivity index (χ4n) is 1.54. The zero-order chi connectivity index (χ0) is 13.0. The van der Waals surface area contributed by atoms with E-state index in [1.807, 2.05) is 30.3 Å². The summed E-state index contributed by atoms with van der Waals surface area (Å²) >= 11 is 3.34. The van der Waals surface area contributed by atoms with E-state index in [2.05, 4.69) is 15.9 Å². The van der Waals surface area contributed by atoms with Crippen LogP contribution in [0.4, 0.5) is 0 Å². The molecule has 0 saturated carbocycles.